The second kappa shape index (κ2) is 5.69. The van der Waals surface area contributed by atoms with Gasteiger partial charge in [-0.2, -0.15) is 4.98 Å². The van der Waals surface area contributed by atoms with Gasteiger partial charge in [0.25, 0.3) is 5.89 Å². The van der Waals surface area contributed by atoms with E-state index in [1.54, 1.807) is 0 Å². The molecule has 3 nitrogen and oxygen atoms in total. The van der Waals surface area contributed by atoms with E-state index in [0.717, 1.165) is 15.6 Å². The molecule has 0 saturated heterocycles. The summed E-state index contributed by atoms with van der Waals surface area (Å²) in [5.74, 6) is 1.14. The molecule has 1 heterocycles. The van der Waals surface area contributed by atoms with Crippen molar-refractivity contribution in [2.45, 2.75) is 26.2 Å². The molecule has 0 unspecified atom stereocenters. The third-order valence-corrected chi connectivity index (χ3v) is 4.05. The lowest BCUT2D eigenvalue weighted by Crippen LogP contribution is -2.10. The number of nitrogens with zero attached hydrogens (tertiary/aromatic N) is 2. The fourth-order valence-corrected chi connectivity index (χ4v) is 2.43. The van der Waals surface area contributed by atoms with Crippen molar-refractivity contribution in [1.29, 1.82) is 0 Å². The number of hydrogen-bond acceptors (Lipinski definition) is 3. The van der Waals surface area contributed by atoms with Crippen LogP contribution in [0.3, 0.4) is 0 Å². The summed E-state index contributed by atoms with van der Waals surface area (Å²) in [5, 5.41) is 4.08. The average Bonchev–Trinajstić information content (AvgIpc) is 2.97. The molecule has 1 aromatic heterocycles. The molecule has 0 amide bonds. The van der Waals surface area contributed by atoms with Crippen LogP contribution in [0.5, 0.6) is 0 Å². The van der Waals surface area contributed by atoms with E-state index >= 15 is 0 Å². The molecule has 0 spiro atoms. The maximum atomic E-state index is 5.37. The van der Waals surface area contributed by atoms with Crippen LogP contribution in [0, 0.1) is 0 Å². The number of benzene rings is 2. The van der Waals surface area contributed by atoms with Gasteiger partial charge in [-0.05, 0) is 35.2 Å². The maximum Gasteiger partial charge on any atom is 0.258 e. The summed E-state index contributed by atoms with van der Waals surface area (Å²) in [7, 11) is 0. The molecule has 3 aromatic rings. The first-order valence-corrected chi connectivity index (χ1v) is 7.93. The van der Waals surface area contributed by atoms with Gasteiger partial charge in [-0.1, -0.05) is 66.1 Å². The summed E-state index contributed by atoms with van der Waals surface area (Å²) in [6.07, 6.45) is 0. The Balaban J connectivity index is 1.89. The van der Waals surface area contributed by atoms with Gasteiger partial charge in [0.15, 0.2) is 0 Å². The van der Waals surface area contributed by atoms with Crippen LogP contribution in [0.4, 0.5) is 0 Å². The zero-order valence-corrected chi connectivity index (χ0v) is 14.4. The molecule has 3 rings (SSSR count). The summed E-state index contributed by atoms with van der Waals surface area (Å²) >= 11 is 3.42. The van der Waals surface area contributed by atoms with Crippen LogP contribution in [0.15, 0.2) is 57.5 Å². The summed E-state index contributed by atoms with van der Waals surface area (Å²) in [6.45, 7) is 6.59. The third-order valence-electron chi connectivity index (χ3n) is 3.53. The summed E-state index contributed by atoms with van der Waals surface area (Å²) < 4.78 is 6.39. The number of halogens is 1. The standard InChI is InChI=1S/C18H17BrN2O/c1-18(2,3)14-8-4-12(5-9-14)16-20-17(22-21-16)13-6-10-15(19)11-7-13/h4-11H,1-3H3. The quantitative estimate of drug-likeness (QED) is 0.611. The highest BCUT2D eigenvalue weighted by Gasteiger charge is 2.15. The van der Waals surface area contributed by atoms with Crippen LogP contribution in [0.25, 0.3) is 22.8 Å². The van der Waals surface area contributed by atoms with E-state index in [0.29, 0.717) is 11.7 Å². The van der Waals surface area contributed by atoms with E-state index in [1.165, 1.54) is 5.56 Å². The second-order valence-electron chi connectivity index (χ2n) is 6.26. The van der Waals surface area contributed by atoms with Gasteiger partial charge in [0.2, 0.25) is 5.82 Å². The van der Waals surface area contributed by atoms with Gasteiger partial charge < -0.3 is 4.52 Å². The van der Waals surface area contributed by atoms with Gasteiger partial charge in [0.05, 0.1) is 0 Å². The minimum Gasteiger partial charge on any atom is -0.334 e. The smallest absolute Gasteiger partial charge is 0.258 e. The number of hydrogen-bond donors (Lipinski definition) is 0. The Labute approximate surface area is 138 Å². The Hall–Kier alpha value is -1.94. The average molecular weight is 357 g/mol. The minimum atomic E-state index is 0.137. The van der Waals surface area contributed by atoms with E-state index in [4.69, 9.17) is 4.52 Å². The number of aromatic nitrogens is 2. The molecule has 22 heavy (non-hydrogen) atoms. The minimum absolute atomic E-state index is 0.137. The highest BCUT2D eigenvalue weighted by molar-refractivity contribution is 9.10. The lowest BCUT2D eigenvalue weighted by Gasteiger charge is -2.18. The van der Waals surface area contributed by atoms with Crippen molar-refractivity contribution >= 4 is 15.9 Å². The topological polar surface area (TPSA) is 38.9 Å². The largest absolute Gasteiger partial charge is 0.334 e. The molecule has 4 heteroatoms. The molecule has 0 fully saturated rings. The zero-order valence-electron chi connectivity index (χ0n) is 12.8. The molecule has 0 aliphatic carbocycles. The van der Waals surface area contributed by atoms with Crippen molar-refractivity contribution in [3.8, 4) is 22.8 Å². The summed E-state index contributed by atoms with van der Waals surface area (Å²) in [4.78, 5) is 4.48. The number of rotatable bonds is 2. The molecule has 0 saturated carbocycles. The molecule has 0 aliphatic heterocycles. The van der Waals surface area contributed by atoms with Crippen molar-refractivity contribution in [2.75, 3.05) is 0 Å². The molecular formula is C18H17BrN2O. The van der Waals surface area contributed by atoms with Crippen LogP contribution in [0.2, 0.25) is 0 Å². The normalized spacial score (nSPS) is 11.6. The van der Waals surface area contributed by atoms with Gasteiger partial charge in [-0.3, -0.25) is 0 Å². The van der Waals surface area contributed by atoms with Crippen molar-refractivity contribution < 1.29 is 4.52 Å². The van der Waals surface area contributed by atoms with Crippen LogP contribution >= 0.6 is 15.9 Å². The predicted octanol–water partition coefficient (Wildman–Crippen LogP) is 5.46. The van der Waals surface area contributed by atoms with Crippen LogP contribution in [-0.2, 0) is 5.41 Å². The van der Waals surface area contributed by atoms with Gasteiger partial charge in [-0.25, -0.2) is 0 Å². The zero-order chi connectivity index (χ0) is 15.7. The van der Waals surface area contributed by atoms with Gasteiger partial charge in [0.1, 0.15) is 0 Å². The van der Waals surface area contributed by atoms with Crippen molar-refractivity contribution in [1.82, 2.24) is 10.1 Å². The van der Waals surface area contributed by atoms with Crippen molar-refractivity contribution in [3.05, 3.63) is 58.6 Å². The Morgan fingerprint density at radius 3 is 2.05 bits per heavy atom. The van der Waals surface area contributed by atoms with Crippen molar-refractivity contribution in [3.63, 3.8) is 0 Å². The summed E-state index contributed by atoms with van der Waals surface area (Å²) in [6, 6.07) is 16.1. The Bertz CT molecular complexity index is 768. The van der Waals surface area contributed by atoms with Gasteiger partial charge >= 0.3 is 0 Å². The molecule has 112 valence electrons. The SMILES string of the molecule is CC(C)(C)c1ccc(-c2noc(-c3ccc(Br)cc3)n2)cc1. The molecular weight excluding hydrogens is 340 g/mol. The fourth-order valence-electron chi connectivity index (χ4n) is 2.17. The first kappa shape index (κ1) is 15.0. The summed E-state index contributed by atoms with van der Waals surface area (Å²) in [5.41, 5.74) is 3.29. The Kier molecular flexibility index (Phi) is 3.87. The van der Waals surface area contributed by atoms with E-state index in [2.05, 4.69) is 59.0 Å². The third kappa shape index (κ3) is 3.12. The maximum absolute atomic E-state index is 5.37. The Morgan fingerprint density at radius 2 is 1.45 bits per heavy atom. The van der Waals surface area contributed by atoms with Crippen LogP contribution in [0.1, 0.15) is 26.3 Å². The van der Waals surface area contributed by atoms with Crippen LogP contribution < -0.4 is 0 Å². The van der Waals surface area contributed by atoms with E-state index < -0.39 is 0 Å². The fraction of sp³-hybridized carbons (Fsp3) is 0.222. The first-order valence-electron chi connectivity index (χ1n) is 7.14. The second-order valence-corrected chi connectivity index (χ2v) is 7.17. The lowest BCUT2D eigenvalue weighted by molar-refractivity contribution is 0.432. The van der Waals surface area contributed by atoms with E-state index in [1.807, 2.05) is 36.4 Å². The molecule has 0 bridgehead atoms. The molecule has 0 N–H and O–H groups in total. The van der Waals surface area contributed by atoms with Gasteiger partial charge in [0, 0.05) is 15.6 Å². The van der Waals surface area contributed by atoms with Gasteiger partial charge in [-0.15, -0.1) is 0 Å². The molecule has 2 aromatic carbocycles. The Morgan fingerprint density at radius 1 is 0.864 bits per heavy atom. The first-order chi connectivity index (χ1) is 10.4. The molecule has 0 aliphatic rings. The lowest BCUT2D eigenvalue weighted by atomic mass is 9.87. The predicted molar refractivity (Wildman–Crippen MR) is 91.6 cm³/mol. The van der Waals surface area contributed by atoms with E-state index in [9.17, 15) is 0 Å². The van der Waals surface area contributed by atoms with Crippen LogP contribution in [-0.4, -0.2) is 10.1 Å². The monoisotopic (exact) mass is 356 g/mol. The molecule has 0 atom stereocenters. The van der Waals surface area contributed by atoms with Crippen molar-refractivity contribution in [2.24, 2.45) is 0 Å². The highest BCUT2D eigenvalue weighted by Crippen LogP contribution is 2.27. The van der Waals surface area contributed by atoms with E-state index in [-0.39, 0.29) is 5.41 Å². The molecule has 0 radical (unpaired) electrons. The highest BCUT2D eigenvalue weighted by atomic mass is 79.9.